The molecule has 1 aromatic carbocycles. The van der Waals surface area contributed by atoms with Crippen molar-refractivity contribution in [3.8, 4) is 11.5 Å². The minimum Gasteiger partial charge on any atom is -0.504 e. The van der Waals surface area contributed by atoms with Crippen molar-refractivity contribution in [2.45, 2.75) is 39.3 Å². The van der Waals surface area contributed by atoms with Gasteiger partial charge in [0.05, 0.1) is 12.7 Å². The molecule has 0 spiro atoms. The molecule has 1 fully saturated rings. The predicted molar refractivity (Wildman–Crippen MR) is 79.2 cm³/mol. The molecular weight excluding hydrogens is 254 g/mol. The molecule has 4 nitrogen and oxygen atoms in total. The third-order valence-corrected chi connectivity index (χ3v) is 3.67. The number of phenols is 1. The zero-order valence-corrected chi connectivity index (χ0v) is 12.5. The first-order valence-corrected chi connectivity index (χ1v) is 7.51. The highest BCUT2D eigenvalue weighted by molar-refractivity contribution is 5.41. The Morgan fingerprint density at radius 3 is 2.60 bits per heavy atom. The minimum atomic E-state index is 0.214. The fourth-order valence-electron chi connectivity index (χ4n) is 2.66. The third kappa shape index (κ3) is 4.12. The molecule has 2 rings (SSSR count). The lowest BCUT2D eigenvalue weighted by atomic mass is 10.1. The van der Waals surface area contributed by atoms with E-state index in [1.54, 1.807) is 6.07 Å². The molecule has 0 saturated carbocycles. The number of piperidine rings is 1. The van der Waals surface area contributed by atoms with Gasteiger partial charge >= 0.3 is 0 Å². The zero-order chi connectivity index (χ0) is 14.4. The van der Waals surface area contributed by atoms with Crippen LogP contribution in [0.1, 0.15) is 32.3 Å². The zero-order valence-electron chi connectivity index (χ0n) is 12.5. The van der Waals surface area contributed by atoms with E-state index in [1.807, 2.05) is 19.1 Å². The first kappa shape index (κ1) is 15.1. The predicted octanol–water partition coefficient (Wildman–Crippen LogP) is 2.79. The smallest absolute Gasteiger partial charge is 0.161 e. The van der Waals surface area contributed by atoms with Crippen LogP contribution < -0.4 is 4.74 Å². The Morgan fingerprint density at radius 2 is 1.95 bits per heavy atom. The highest BCUT2D eigenvalue weighted by Crippen LogP contribution is 2.27. The van der Waals surface area contributed by atoms with Crippen LogP contribution in [0.15, 0.2) is 18.2 Å². The van der Waals surface area contributed by atoms with Gasteiger partial charge in [-0.05, 0) is 44.4 Å². The van der Waals surface area contributed by atoms with Crippen molar-refractivity contribution in [1.82, 2.24) is 4.90 Å². The van der Waals surface area contributed by atoms with Gasteiger partial charge in [0.15, 0.2) is 11.5 Å². The minimum absolute atomic E-state index is 0.214. The number of aromatic hydroxyl groups is 1. The van der Waals surface area contributed by atoms with Crippen molar-refractivity contribution in [2.24, 2.45) is 0 Å². The Morgan fingerprint density at radius 1 is 1.20 bits per heavy atom. The van der Waals surface area contributed by atoms with Crippen molar-refractivity contribution in [3.63, 3.8) is 0 Å². The van der Waals surface area contributed by atoms with E-state index in [1.165, 1.54) is 5.56 Å². The van der Waals surface area contributed by atoms with Crippen molar-refractivity contribution in [2.75, 3.05) is 26.3 Å². The van der Waals surface area contributed by atoms with Gasteiger partial charge < -0.3 is 14.6 Å². The summed E-state index contributed by atoms with van der Waals surface area (Å²) in [5.41, 5.74) is 1.18. The molecule has 0 atom stereocenters. The Hall–Kier alpha value is -1.26. The van der Waals surface area contributed by atoms with Crippen molar-refractivity contribution < 1.29 is 14.6 Å². The highest BCUT2D eigenvalue weighted by Gasteiger charge is 2.19. The summed E-state index contributed by atoms with van der Waals surface area (Å²) in [4.78, 5) is 2.43. The van der Waals surface area contributed by atoms with Crippen molar-refractivity contribution in [3.05, 3.63) is 23.8 Å². The fraction of sp³-hybridized carbons (Fsp3) is 0.625. The average molecular weight is 279 g/mol. The van der Waals surface area contributed by atoms with Gasteiger partial charge in [0.1, 0.15) is 0 Å². The maximum atomic E-state index is 9.71. The van der Waals surface area contributed by atoms with Gasteiger partial charge in [0.2, 0.25) is 0 Å². The maximum Gasteiger partial charge on any atom is 0.161 e. The first-order chi connectivity index (χ1) is 9.72. The van der Waals surface area contributed by atoms with Crippen LogP contribution in [0.4, 0.5) is 0 Å². The molecule has 1 aromatic rings. The SMILES string of the molecule is CCOc1cc(CN2CCC(OCC)CC2)ccc1O. The molecule has 0 aliphatic carbocycles. The summed E-state index contributed by atoms with van der Waals surface area (Å²) in [6.45, 7) is 8.38. The molecule has 20 heavy (non-hydrogen) atoms. The molecule has 0 unspecified atom stereocenters. The summed E-state index contributed by atoms with van der Waals surface area (Å²) < 4.78 is 11.1. The number of rotatable bonds is 6. The molecule has 1 aliphatic rings. The second-order valence-corrected chi connectivity index (χ2v) is 5.17. The van der Waals surface area contributed by atoms with E-state index >= 15 is 0 Å². The van der Waals surface area contributed by atoms with Crippen molar-refractivity contribution in [1.29, 1.82) is 0 Å². The van der Waals surface area contributed by atoms with Gasteiger partial charge in [-0.25, -0.2) is 0 Å². The Labute approximate surface area is 121 Å². The van der Waals surface area contributed by atoms with Crippen LogP contribution in [0.5, 0.6) is 11.5 Å². The summed E-state index contributed by atoms with van der Waals surface area (Å²) in [5, 5.41) is 9.71. The normalized spacial score (nSPS) is 17.3. The molecule has 1 saturated heterocycles. The number of likely N-dealkylation sites (tertiary alicyclic amines) is 1. The summed E-state index contributed by atoms with van der Waals surface area (Å²) in [7, 11) is 0. The number of hydrogen-bond acceptors (Lipinski definition) is 4. The van der Waals surface area contributed by atoms with E-state index < -0.39 is 0 Å². The topological polar surface area (TPSA) is 41.9 Å². The van der Waals surface area contributed by atoms with E-state index in [4.69, 9.17) is 9.47 Å². The monoisotopic (exact) mass is 279 g/mol. The molecule has 0 aromatic heterocycles. The van der Waals surface area contributed by atoms with Crippen LogP contribution in [-0.2, 0) is 11.3 Å². The van der Waals surface area contributed by atoms with Crippen LogP contribution in [0, 0.1) is 0 Å². The largest absolute Gasteiger partial charge is 0.504 e. The van der Waals surface area contributed by atoms with E-state index in [0.717, 1.165) is 39.1 Å². The van der Waals surface area contributed by atoms with Gasteiger partial charge in [-0.2, -0.15) is 0 Å². The molecule has 0 amide bonds. The quantitative estimate of drug-likeness (QED) is 0.869. The maximum absolute atomic E-state index is 9.71. The molecule has 4 heteroatoms. The molecule has 0 bridgehead atoms. The second-order valence-electron chi connectivity index (χ2n) is 5.17. The standard InChI is InChI=1S/C16H25NO3/c1-3-19-14-7-9-17(10-8-14)12-13-5-6-15(18)16(11-13)20-4-2/h5-6,11,14,18H,3-4,7-10,12H2,1-2H3. The number of nitrogens with zero attached hydrogens (tertiary/aromatic N) is 1. The molecule has 112 valence electrons. The lowest BCUT2D eigenvalue weighted by Crippen LogP contribution is -2.36. The summed E-state index contributed by atoms with van der Waals surface area (Å²) in [6, 6.07) is 5.62. The van der Waals surface area contributed by atoms with Crippen LogP contribution in [0.25, 0.3) is 0 Å². The van der Waals surface area contributed by atoms with Gasteiger partial charge in [0, 0.05) is 26.2 Å². The van der Waals surface area contributed by atoms with Crippen LogP contribution in [-0.4, -0.2) is 42.4 Å². The van der Waals surface area contributed by atoms with E-state index in [0.29, 0.717) is 18.5 Å². The third-order valence-electron chi connectivity index (χ3n) is 3.67. The number of hydrogen-bond donors (Lipinski definition) is 1. The van der Waals surface area contributed by atoms with Crippen LogP contribution in [0.3, 0.4) is 0 Å². The van der Waals surface area contributed by atoms with Gasteiger partial charge in [-0.3, -0.25) is 4.90 Å². The number of phenolic OH excluding ortho intramolecular Hbond substituents is 1. The average Bonchev–Trinajstić information content (AvgIpc) is 2.45. The molecular formula is C16H25NO3. The van der Waals surface area contributed by atoms with Gasteiger partial charge in [-0.1, -0.05) is 6.07 Å². The Bertz CT molecular complexity index is 414. The highest BCUT2D eigenvalue weighted by atomic mass is 16.5. The Balaban J connectivity index is 1.89. The van der Waals surface area contributed by atoms with Crippen LogP contribution >= 0.6 is 0 Å². The summed E-state index contributed by atoms with van der Waals surface area (Å²) in [5.74, 6) is 0.792. The van der Waals surface area contributed by atoms with E-state index in [9.17, 15) is 5.11 Å². The van der Waals surface area contributed by atoms with Gasteiger partial charge in [-0.15, -0.1) is 0 Å². The lowest BCUT2D eigenvalue weighted by Gasteiger charge is -2.31. The summed E-state index contributed by atoms with van der Waals surface area (Å²) in [6.07, 6.45) is 2.63. The van der Waals surface area contributed by atoms with Crippen LogP contribution in [0.2, 0.25) is 0 Å². The fourth-order valence-corrected chi connectivity index (χ4v) is 2.66. The summed E-state index contributed by atoms with van der Waals surface area (Å²) >= 11 is 0. The van der Waals surface area contributed by atoms with E-state index in [-0.39, 0.29) is 5.75 Å². The first-order valence-electron chi connectivity index (χ1n) is 7.51. The van der Waals surface area contributed by atoms with E-state index in [2.05, 4.69) is 11.8 Å². The Kier molecular flexibility index (Phi) is 5.68. The number of benzene rings is 1. The molecule has 1 heterocycles. The molecule has 0 radical (unpaired) electrons. The number of ether oxygens (including phenoxy) is 2. The molecule has 1 N–H and O–H groups in total. The molecule has 1 aliphatic heterocycles. The van der Waals surface area contributed by atoms with Gasteiger partial charge in [0.25, 0.3) is 0 Å². The van der Waals surface area contributed by atoms with Crippen molar-refractivity contribution >= 4 is 0 Å². The second kappa shape index (κ2) is 7.50. The lowest BCUT2D eigenvalue weighted by molar-refractivity contribution is 0.0125.